The van der Waals surface area contributed by atoms with Gasteiger partial charge in [0.2, 0.25) is 5.91 Å². The van der Waals surface area contributed by atoms with Gasteiger partial charge in [-0.3, -0.25) is 4.79 Å². The summed E-state index contributed by atoms with van der Waals surface area (Å²) < 4.78 is 0. The van der Waals surface area contributed by atoms with Crippen LogP contribution < -0.4 is 11.1 Å². The standard InChI is InChI=1S/C23H21N3O/c1-17-8-5-6-9-18(17)14-15-22(27)25-20-12-7-13-21(16-20)26-23(24)19-10-3-2-4-11-19/h2-16H,1H3,(H2,24,26)(H,25,27)/b15-14+. The Hall–Kier alpha value is -3.66. The smallest absolute Gasteiger partial charge is 0.248 e. The van der Waals surface area contributed by atoms with Gasteiger partial charge in [-0.1, -0.05) is 60.7 Å². The van der Waals surface area contributed by atoms with E-state index in [1.165, 1.54) is 6.08 Å². The first kappa shape index (κ1) is 18.1. The number of nitrogens with one attached hydrogen (secondary N) is 1. The van der Waals surface area contributed by atoms with Crippen LogP contribution in [0.2, 0.25) is 0 Å². The van der Waals surface area contributed by atoms with Crippen LogP contribution in [0.4, 0.5) is 11.4 Å². The fourth-order valence-corrected chi connectivity index (χ4v) is 2.59. The summed E-state index contributed by atoms with van der Waals surface area (Å²) in [6.45, 7) is 2.01. The highest BCUT2D eigenvalue weighted by Gasteiger charge is 2.02. The van der Waals surface area contributed by atoms with Crippen molar-refractivity contribution in [2.24, 2.45) is 10.7 Å². The number of nitrogens with zero attached hydrogens (tertiary/aromatic N) is 1. The molecule has 0 atom stereocenters. The van der Waals surface area contributed by atoms with Crippen LogP contribution >= 0.6 is 0 Å². The minimum Gasteiger partial charge on any atom is -0.383 e. The molecule has 0 heterocycles. The van der Waals surface area contributed by atoms with Crippen molar-refractivity contribution in [1.82, 2.24) is 0 Å². The monoisotopic (exact) mass is 355 g/mol. The average Bonchev–Trinajstić information content (AvgIpc) is 2.68. The molecule has 3 N–H and O–H groups in total. The van der Waals surface area contributed by atoms with E-state index < -0.39 is 0 Å². The number of carbonyl (C=O) groups is 1. The number of nitrogens with two attached hydrogens (primary N) is 1. The number of aryl methyl sites for hydroxylation is 1. The first-order valence-electron chi connectivity index (χ1n) is 8.66. The zero-order valence-electron chi connectivity index (χ0n) is 15.1. The van der Waals surface area contributed by atoms with Crippen LogP contribution in [0.5, 0.6) is 0 Å². The summed E-state index contributed by atoms with van der Waals surface area (Å²) in [5.74, 6) is 0.230. The fourth-order valence-electron chi connectivity index (χ4n) is 2.59. The zero-order chi connectivity index (χ0) is 19.1. The largest absolute Gasteiger partial charge is 0.383 e. The van der Waals surface area contributed by atoms with E-state index in [-0.39, 0.29) is 5.91 Å². The van der Waals surface area contributed by atoms with Gasteiger partial charge in [-0.25, -0.2) is 4.99 Å². The fraction of sp³-hybridized carbons (Fsp3) is 0.0435. The van der Waals surface area contributed by atoms with Crippen molar-refractivity contribution in [1.29, 1.82) is 0 Å². The second-order valence-electron chi connectivity index (χ2n) is 6.09. The summed E-state index contributed by atoms with van der Waals surface area (Å²) >= 11 is 0. The van der Waals surface area contributed by atoms with Crippen molar-refractivity contribution in [2.75, 3.05) is 5.32 Å². The third kappa shape index (κ3) is 5.16. The van der Waals surface area contributed by atoms with Gasteiger partial charge in [0.1, 0.15) is 5.84 Å². The van der Waals surface area contributed by atoms with Crippen LogP contribution in [0.1, 0.15) is 16.7 Å². The number of hydrogen-bond donors (Lipinski definition) is 2. The van der Waals surface area contributed by atoms with Gasteiger partial charge in [0.15, 0.2) is 0 Å². The molecule has 0 bridgehead atoms. The Labute approximate surface area is 159 Å². The molecule has 0 fully saturated rings. The number of amidine groups is 1. The molecule has 0 aliphatic rings. The summed E-state index contributed by atoms with van der Waals surface area (Å²) in [6, 6.07) is 24.7. The van der Waals surface area contributed by atoms with Gasteiger partial charge < -0.3 is 11.1 Å². The van der Waals surface area contributed by atoms with Gasteiger partial charge in [-0.15, -0.1) is 0 Å². The molecule has 0 radical (unpaired) electrons. The minimum atomic E-state index is -0.199. The first-order chi connectivity index (χ1) is 13.1. The molecular weight excluding hydrogens is 334 g/mol. The quantitative estimate of drug-likeness (QED) is 0.396. The first-order valence-corrected chi connectivity index (χ1v) is 8.66. The molecular formula is C23H21N3O. The maximum absolute atomic E-state index is 12.2. The lowest BCUT2D eigenvalue weighted by molar-refractivity contribution is -0.111. The van der Waals surface area contributed by atoms with Crippen LogP contribution in [-0.4, -0.2) is 11.7 Å². The maximum atomic E-state index is 12.2. The van der Waals surface area contributed by atoms with Gasteiger partial charge in [-0.05, 0) is 42.3 Å². The predicted octanol–water partition coefficient (Wildman–Crippen LogP) is 4.68. The summed E-state index contributed by atoms with van der Waals surface area (Å²) in [5.41, 5.74) is 10.4. The number of amides is 1. The molecule has 27 heavy (non-hydrogen) atoms. The van der Waals surface area contributed by atoms with Gasteiger partial charge in [0, 0.05) is 17.3 Å². The van der Waals surface area contributed by atoms with Crippen LogP contribution in [0.3, 0.4) is 0 Å². The Balaban J connectivity index is 1.70. The lowest BCUT2D eigenvalue weighted by Crippen LogP contribution is -2.12. The van der Waals surface area contributed by atoms with Crippen LogP contribution in [0.15, 0.2) is 89.9 Å². The lowest BCUT2D eigenvalue weighted by Gasteiger charge is -2.05. The van der Waals surface area contributed by atoms with E-state index in [0.717, 1.165) is 16.7 Å². The van der Waals surface area contributed by atoms with Gasteiger partial charge in [-0.2, -0.15) is 0 Å². The van der Waals surface area contributed by atoms with Crippen LogP contribution in [0, 0.1) is 6.92 Å². The molecule has 0 aliphatic heterocycles. The molecule has 0 saturated carbocycles. The Morgan fingerprint density at radius 3 is 2.48 bits per heavy atom. The summed E-state index contributed by atoms with van der Waals surface area (Å²) in [4.78, 5) is 16.6. The molecule has 3 rings (SSSR count). The van der Waals surface area contributed by atoms with Gasteiger partial charge >= 0.3 is 0 Å². The normalized spacial score (nSPS) is 11.5. The Kier molecular flexibility index (Phi) is 5.80. The van der Waals surface area contributed by atoms with Gasteiger partial charge in [0.25, 0.3) is 0 Å². The Morgan fingerprint density at radius 1 is 0.963 bits per heavy atom. The molecule has 4 nitrogen and oxygen atoms in total. The summed E-state index contributed by atoms with van der Waals surface area (Å²) in [6.07, 6.45) is 3.33. The number of carbonyl (C=O) groups excluding carboxylic acids is 1. The topological polar surface area (TPSA) is 67.5 Å². The Bertz CT molecular complexity index is 991. The third-order valence-corrected chi connectivity index (χ3v) is 4.04. The molecule has 3 aromatic rings. The molecule has 134 valence electrons. The Morgan fingerprint density at radius 2 is 1.70 bits per heavy atom. The zero-order valence-corrected chi connectivity index (χ0v) is 15.1. The van der Waals surface area contributed by atoms with Crippen LogP contribution in [-0.2, 0) is 4.79 Å². The third-order valence-electron chi connectivity index (χ3n) is 4.04. The molecule has 4 heteroatoms. The molecule has 1 amide bonds. The molecule has 0 aliphatic carbocycles. The highest BCUT2D eigenvalue weighted by molar-refractivity contribution is 6.02. The maximum Gasteiger partial charge on any atom is 0.248 e. The predicted molar refractivity (Wildman–Crippen MR) is 112 cm³/mol. The summed E-state index contributed by atoms with van der Waals surface area (Å²) in [5, 5.41) is 2.85. The van der Waals surface area contributed by atoms with Crippen molar-refractivity contribution in [2.45, 2.75) is 6.92 Å². The van der Waals surface area contributed by atoms with Crippen molar-refractivity contribution in [3.8, 4) is 0 Å². The van der Waals surface area contributed by atoms with Crippen LogP contribution in [0.25, 0.3) is 6.08 Å². The minimum absolute atomic E-state index is 0.199. The average molecular weight is 355 g/mol. The SMILES string of the molecule is Cc1ccccc1/C=C/C(=O)Nc1cccc(N=C(N)c2ccccc2)c1. The second-order valence-corrected chi connectivity index (χ2v) is 6.09. The highest BCUT2D eigenvalue weighted by atomic mass is 16.1. The number of anilines is 1. The number of aliphatic imine (C=N–C) groups is 1. The van der Waals surface area contributed by atoms with E-state index in [9.17, 15) is 4.79 Å². The van der Waals surface area contributed by atoms with E-state index >= 15 is 0 Å². The number of benzene rings is 3. The molecule has 0 unspecified atom stereocenters. The van der Waals surface area contributed by atoms with Crippen molar-refractivity contribution < 1.29 is 4.79 Å². The van der Waals surface area contributed by atoms with Gasteiger partial charge in [0.05, 0.1) is 5.69 Å². The van der Waals surface area contributed by atoms with E-state index in [1.54, 1.807) is 12.1 Å². The van der Waals surface area contributed by atoms with Crippen molar-refractivity contribution in [3.63, 3.8) is 0 Å². The van der Waals surface area contributed by atoms with E-state index in [4.69, 9.17) is 5.73 Å². The van der Waals surface area contributed by atoms with E-state index in [0.29, 0.717) is 17.2 Å². The molecule has 0 spiro atoms. The molecule has 3 aromatic carbocycles. The molecule has 0 saturated heterocycles. The van der Waals surface area contributed by atoms with Crippen molar-refractivity contribution in [3.05, 3.63) is 102 Å². The number of rotatable bonds is 5. The van der Waals surface area contributed by atoms with E-state index in [1.807, 2.05) is 79.7 Å². The highest BCUT2D eigenvalue weighted by Crippen LogP contribution is 2.19. The van der Waals surface area contributed by atoms with Crippen molar-refractivity contribution >= 4 is 29.2 Å². The molecule has 0 aromatic heterocycles. The number of hydrogen-bond acceptors (Lipinski definition) is 2. The summed E-state index contributed by atoms with van der Waals surface area (Å²) in [7, 11) is 0. The lowest BCUT2D eigenvalue weighted by atomic mass is 10.1. The second kappa shape index (κ2) is 8.63. The van der Waals surface area contributed by atoms with E-state index in [2.05, 4.69) is 10.3 Å².